The van der Waals surface area contributed by atoms with Crippen LogP contribution in [0.1, 0.15) is 16.3 Å². The van der Waals surface area contributed by atoms with E-state index >= 15 is 0 Å². The summed E-state index contributed by atoms with van der Waals surface area (Å²) in [5, 5.41) is 6.52. The zero-order chi connectivity index (χ0) is 16.1. The van der Waals surface area contributed by atoms with Crippen molar-refractivity contribution < 1.29 is 4.79 Å². The summed E-state index contributed by atoms with van der Waals surface area (Å²) in [4.78, 5) is 20.3. The fraction of sp³-hybridized carbons (Fsp3) is 0.133. The zero-order valence-electron chi connectivity index (χ0n) is 11.9. The molecule has 5 nitrogen and oxygen atoms in total. The maximum atomic E-state index is 12.0. The molecule has 7 heteroatoms. The van der Waals surface area contributed by atoms with E-state index in [-0.39, 0.29) is 11.6 Å². The van der Waals surface area contributed by atoms with E-state index < -0.39 is 0 Å². The zero-order valence-corrected chi connectivity index (χ0v) is 13.4. The highest BCUT2D eigenvalue weighted by molar-refractivity contribution is 6.43. The van der Waals surface area contributed by atoms with E-state index in [1.165, 1.54) is 0 Å². The smallest absolute Gasteiger partial charge is 0.270 e. The van der Waals surface area contributed by atoms with Crippen LogP contribution in [0.25, 0.3) is 0 Å². The number of benzene rings is 1. The van der Waals surface area contributed by atoms with Crippen LogP contribution in [0.15, 0.2) is 36.9 Å². The van der Waals surface area contributed by atoms with Crippen LogP contribution < -0.4 is 10.6 Å². The molecular weight excluding hydrogens is 323 g/mol. The summed E-state index contributed by atoms with van der Waals surface area (Å²) in [6, 6.07) is 6.77. The van der Waals surface area contributed by atoms with Crippen LogP contribution in [-0.2, 0) is 0 Å². The number of nitrogens with one attached hydrogen (secondary N) is 2. The molecule has 0 atom stereocenters. The van der Waals surface area contributed by atoms with Gasteiger partial charge in [-0.3, -0.25) is 4.79 Å². The summed E-state index contributed by atoms with van der Waals surface area (Å²) < 4.78 is 0. The number of hydrogen-bond donors (Lipinski definition) is 2. The minimum Gasteiger partial charge on any atom is -0.347 e. The van der Waals surface area contributed by atoms with E-state index in [1.54, 1.807) is 37.3 Å². The second-order valence-corrected chi connectivity index (χ2v) is 5.20. The number of carbonyl (C=O) groups excluding carboxylic acids is 1. The molecule has 0 saturated heterocycles. The van der Waals surface area contributed by atoms with Gasteiger partial charge in [0.2, 0.25) is 0 Å². The Kier molecular flexibility index (Phi) is 5.35. The Bertz CT molecular complexity index is 719. The summed E-state index contributed by atoms with van der Waals surface area (Å²) >= 11 is 12.1. The molecule has 0 unspecified atom stereocenters. The van der Waals surface area contributed by atoms with Crippen LogP contribution in [-0.4, -0.2) is 22.4 Å². The fourth-order valence-corrected chi connectivity index (χ4v) is 2.09. The number of amides is 1. The Hall–Kier alpha value is -2.11. The molecule has 1 heterocycles. The minimum atomic E-state index is -0.300. The highest BCUT2D eigenvalue weighted by Gasteiger charge is 2.11. The fourth-order valence-electron chi connectivity index (χ4n) is 1.74. The highest BCUT2D eigenvalue weighted by atomic mass is 35.5. The standard InChI is InChI=1S/C15H14Cl2N4O/c1-3-7-18-15(22)12-8-13(20-9(2)19-12)21-11-6-4-5-10(16)14(11)17/h3-6,8H,1,7H2,2H3,(H,18,22)(H,19,20,21). The molecule has 0 aliphatic carbocycles. The minimum absolute atomic E-state index is 0.259. The molecule has 22 heavy (non-hydrogen) atoms. The van der Waals surface area contributed by atoms with E-state index in [9.17, 15) is 4.79 Å². The molecule has 0 bridgehead atoms. The Morgan fingerprint density at radius 3 is 2.86 bits per heavy atom. The van der Waals surface area contributed by atoms with Gasteiger partial charge in [0.1, 0.15) is 17.3 Å². The van der Waals surface area contributed by atoms with Crippen molar-refractivity contribution in [1.29, 1.82) is 0 Å². The van der Waals surface area contributed by atoms with Gasteiger partial charge < -0.3 is 10.6 Å². The third-order valence-corrected chi connectivity index (χ3v) is 3.51. The Balaban J connectivity index is 2.28. The van der Waals surface area contributed by atoms with Gasteiger partial charge >= 0.3 is 0 Å². The summed E-state index contributed by atoms with van der Waals surface area (Å²) in [5.41, 5.74) is 0.861. The first kappa shape index (κ1) is 16.3. The average Bonchev–Trinajstić information content (AvgIpc) is 2.49. The molecule has 114 valence electrons. The molecule has 0 spiro atoms. The van der Waals surface area contributed by atoms with Gasteiger partial charge in [-0.15, -0.1) is 6.58 Å². The Morgan fingerprint density at radius 1 is 1.36 bits per heavy atom. The molecule has 1 aromatic carbocycles. The molecular formula is C15H14Cl2N4O. The van der Waals surface area contributed by atoms with Crippen molar-refractivity contribution in [2.24, 2.45) is 0 Å². The molecule has 0 aliphatic rings. The topological polar surface area (TPSA) is 66.9 Å². The second kappa shape index (κ2) is 7.24. The van der Waals surface area contributed by atoms with E-state index in [0.29, 0.717) is 33.9 Å². The highest BCUT2D eigenvalue weighted by Crippen LogP contribution is 2.31. The number of aromatic nitrogens is 2. The van der Waals surface area contributed by atoms with Gasteiger partial charge in [0.15, 0.2) is 0 Å². The number of halogens is 2. The predicted molar refractivity (Wildman–Crippen MR) is 89.0 cm³/mol. The van der Waals surface area contributed by atoms with E-state index in [4.69, 9.17) is 23.2 Å². The van der Waals surface area contributed by atoms with Crippen LogP contribution in [0, 0.1) is 6.92 Å². The number of rotatable bonds is 5. The van der Waals surface area contributed by atoms with Gasteiger partial charge in [0.25, 0.3) is 5.91 Å². The maximum absolute atomic E-state index is 12.0. The summed E-state index contributed by atoms with van der Waals surface area (Å²) in [6.45, 7) is 5.62. The normalized spacial score (nSPS) is 10.1. The van der Waals surface area contributed by atoms with Crippen molar-refractivity contribution in [3.63, 3.8) is 0 Å². The number of carbonyl (C=O) groups is 1. The first-order valence-electron chi connectivity index (χ1n) is 6.47. The van der Waals surface area contributed by atoms with E-state index in [0.717, 1.165) is 0 Å². The lowest BCUT2D eigenvalue weighted by Crippen LogP contribution is -2.24. The maximum Gasteiger partial charge on any atom is 0.270 e. The van der Waals surface area contributed by atoms with Gasteiger partial charge in [0.05, 0.1) is 15.7 Å². The quantitative estimate of drug-likeness (QED) is 0.816. The predicted octanol–water partition coefficient (Wildman–Crippen LogP) is 3.75. The van der Waals surface area contributed by atoms with E-state index in [1.807, 2.05) is 0 Å². The van der Waals surface area contributed by atoms with Crippen molar-refractivity contribution >= 4 is 40.6 Å². The third kappa shape index (κ3) is 3.96. The summed E-state index contributed by atoms with van der Waals surface area (Å²) in [7, 11) is 0. The van der Waals surface area contributed by atoms with Crippen molar-refractivity contribution in [1.82, 2.24) is 15.3 Å². The monoisotopic (exact) mass is 336 g/mol. The lowest BCUT2D eigenvalue weighted by molar-refractivity contribution is 0.0952. The number of aryl methyl sites for hydroxylation is 1. The van der Waals surface area contributed by atoms with Crippen molar-refractivity contribution in [2.75, 3.05) is 11.9 Å². The van der Waals surface area contributed by atoms with Crippen LogP contribution in [0.3, 0.4) is 0 Å². The molecule has 1 amide bonds. The molecule has 0 saturated carbocycles. The second-order valence-electron chi connectivity index (χ2n) is 4.41. The molecule has 0 fully saturated rings. The van der Waals surface area contributed by atoms with Gasteiger partial charge in [-0.25, -0.2) is 9.97 Å². The van der Waals surface area contributed by atoms with Crippen LogP contribution in [0.2, 0.25) is 10.0 Å². The largest absolute Gasteiger partial charge is 0.347 e. The number of nitrogens with zero attached hydrogens (tertiary/aromatic N) is 2. The molecule has 2 aromatic rings. The number of anilines is 2. The number of hydrogen-bond acceptors (Lipinski definition) is 4. The molecule has 0 aliphatic heterocycles. The first-order chi connectivity index (χ1) is 10.5. The first-order valence-corrected chi connectivity index (χ1v) is 7.22. The molecule has 2 N–H and O–H groups in total. The Labute approximate surface area is 138 Å². The summed E-state index contributed by atoms with van der Waals surface area (Å²) in [6.07, 6.45) is 1.59. The molecule has 1 aromatic heterocycles. The van der Waals surface area contributed by atoms with Crippen molar-refractivity contribution in [3.8, 4) is 0 Å². The SMILES string of the molecule is C=CCNC(=O)c1cc(Nc2cccc(Cl)c2Cl)nc(C)n1. The van der Waals surface area contributed by atoms with Gasteiger partial charge in [-0.05, 0) is 19.1 Å². The van der Waals surface area contributed by atoms with Gasteiger partial charge in [-0.1, -0.05) is 35.3 Å². The van der Waals surface area contributed by atoms with Crippen LogP contribution >= 0.6 is 23.2 Å². The Morgan fingerprint density at radius 2 is 2.14 bits per heavy atom. The van der Waals surface area contributed by atoms with Gasteiger partial charge in [-0.2, -0.15) is 0 Å². The van der Waals surface area contributed by atoms with Crippen LogP contribution in [0.5, 0.6) is 0 Å². The third-order valence-electron chi connectivity index (χ3n) is 2.69. The lowest BCUT2D eigenvalue weighted by Gasteiger charge is -2.10. The lowest BCUT2D eigenvalue weighted by atomic mass is 10.3. The van der Waals surface area contributed by atoms with Gasteiger partial charge in [0, 0.05) is 12.6 Å². The molecule has 2 rings (SSSR count). The summed E-state index contributed by atoms with van der Waals surface area (Å²) in [5.74, 6) is 0.623. The molecule has 0 radical (unpaired) electrons. The average molecular weight is 337 g/mol. The van der Waals surface area contributed by atoms with E-state index in [2.05, 4.69) is 27.2 Å². The van der Waals surface area contributed by atoms with Crippen LogP contribution in [0.4, 0.5) is 11.5 Å². The van der Waals surface area contributed by atoms with Crippen molar-refractivity contribution in [2.45, 2.75) is 6.92 Å². The van der Waals surface area contributed by atoms with Crippen molar-refractivity contribution in [3.05, 3.63) is 58.5 Å².